The van der Waals surface area contributed by atoms with E-state index in [0.717, 1.165) is 0 Å². The first-order chi connectivity index (χ1) is 17.0. The third-order valence-electron chi connectivity index (χ3n) is 5.35. The van der Waals surface area contributed by atoms with E-state index in [1.54, 1.807) is 42.6 Å². The number of fused-ring (bicyclic) bond motifs is 1. The van der Waals surface area contributed by atoms with Crippen molar-refractivity contribution in [3.8, 4) is 22.7 Å². The Kier molecular flexibility index (Phi) is 5.60. The van der Waals surface area contributed by atoms with Crippen LogP contribution < -0.4 is 21.3 Å². The smallest absolute Gasteiger partial charge is 0.267 e. The minimum Gasteiger partial charge on any atom is -0.480 e. The van der Waals surface area contributed by atoms with Gasteiger partial charge in [-0.3, -0.25) is 9.59 Å². The molecule has 0 aliphatic heterocycles. The van der Waals surface area contributed by atoms with Crippen LogP contribution in [0.1, 0.15) is 10.4 Å². The minimum absolute atomic E-state index is 0.0939. The van der Waals surface area contributed by atoms with Gasteiger partial charge in [0.25, 0.3) is 11.5 Å². The number of nitrogens with two attached hydrogens (primary N) is 1. The third-order valence-corrected chi connectivity index (χ3v) is 5.35. The van der Waals surface area contributed by atoms with E-state index in [4.69, 9.17) is 10.5 Å². The summed E-state index contributed by atoms with van der Waals surface area (Å²) in [5.41, 5.74) is 8.80. The lowest BCUT2D eigenvalue weighted by atomic mass is 10.0. The Morgan fingerprint density at radius 1 is 1.00 bits per heavy atom. The number of hydrogen-bond acceptors (Lipinski definition) is 8. The second-order valence-electron chi connectivity index (χ2n) is 7.54. The number of pyridine rings is 1. The van der Waals surface area contributed by atoms with Crippen LogP contribution in [0.4, 0.5) is 11.6 Å². The molecule has 0 aliphatic carbocycles. The molecule has 0 fully saturated rings. The van der Waals surface area contributed by atoms with Gasteiger partial charge in [-0.15, -0.1) is 0 Å². The Morgan fingerprint density at radius 3 is 2.51 bits per heavy atom. The van der Waals surface area contributed by atoms with Crippen molar-refractivity contribution in [2.75, 3.05) is 18.2 Å². The first kappa shape index (κ1) is 21.7. The molecular formula is C25H19N7O3. The number of para-hydroxylation sites is 1. The molecule has 0 atom stereocenters. The quantitative estimate of drug-likeness (QED) is 0.404. The maximum atomic E-state index is 13.3. The monoisotopic (exact) mass is 465 g/mol. The predicted molar refractivity (Wildman–Crippen MR) is 132 cm³/mol. The normalized spacial score (nSPS) is 10.8. The fraction of sp³-hybridized carbons (Fsp3) is 0.0400. The largest absolute Gasteiger partial charge is 0.480 e. The molecule has 0 aliphatic rings. The number of amides is 1. The maximum Gasteiger partial charge on any atom is 0.267 e. The van der Waals surface area contributed by atoms with E-state index in [-0.39, 0.29) is 23.0 Å². The Hall–Kier alpha value is -5.12. The van der Waals surface area contributed by atoms with Gasteiger partial charge in [-0.1, -0.05) is 24.3 Å². The summed E-state index contributed by atoms with van der Waals surface area (Å²) in [5, 5.41) is 3.10. The summed E-state index contributed by atoms with van der Waals surface area (Å²) < 4.78 is 6.64. The van der Waals surface area contributed by atoms with E-state index in [1.165, 1.54) is 30.4 Å². The predicted octanol–water partition coefficient (Wildman–Crippen LogP) is 3.08. The van der Waals surface area contributed by atoms with Crippen LogP contribution in [-0.2, 0) is 0 Å². The van der Waals surface area contributed by atoms with Gasteiger partial charge in [-0.05, 0) is 35.9 Å². The van der Waals surface area contributed by atoms with Crippen LogP contribution in [0.5, 0.6) is 5.88 Å². The summed E-state index contributed by atoms with van der Waals surface area (Å²) in [6.45, 7) is 0. The van der Waals surface area contributed by atoms with E-state index < -0.39 is 5.91 Å². The van der Waals surface area contributed by atoms with Crippen molar-refractivity contribution in [1.29, 1.82) is 0 Å². The van der Waals surface area contributed by atoms with Crippen LogP contribution in [0.25, 0.3) is 27.7 Å². The van der Waals surface area contributed by atoms with Crippen molar-refractivity contribution in [2.45, 2.75) is 0 Å². The van der Waals surface area contributed by atoms with Gasteiger partial charge in [0.1, 0.15) is 11.9 Å². The summed E-state index contributed by atoms with van der Waals surface area (Å²) in [6.07, 6.45) is 5.90. The highest BCUT2D eigenvalue weighted by Gasteiger charge is 2.17. The van der Waals surface area contributed by atoms with Gasteiger partial charge in [0.05, 0.1) is 41.8 Å². The van der Waals surface area contributed by atoms with Gasteiger partial charge in [0, 0.05) is 11.8 Å². The highest BCUT2D eigenvalue weighted by atomic mass is 16.5. The SMILES string of the molecule is COc1ncc(-c2ccc3nc(N)n(-c4ccccc4)c(=O)c3c2)cc1C(=O)Nc1cncnc1. The molecule has 0 radical (unpaired) electrons. The van der Waals surface area contributed by atoms with Crippen LogP contribution >= 0.6 is 0 Å². The van der Waals surface area contributed by atoms with Crippen LogP contribution in [0.15, 0.2) is 84.3 Å². The number of aromatic nitrogens is 5. The first-order valence-electron chi connectivity index (χ1n) is 10.5. The summed E-state index contributed by atoms with van der Waals surface area (Å²) in [7, 11) is 1.43. The van der Waals surface area contributed by atoms with E-state index >= 15 is 0 Å². The molecule has 5 aromatic rings. The molecule has 172 valence electrons. The second kappa shape index (κ2) is 9.02. The number of carbonyl (C=O) groups is 1. The second-order valence-corrected chi connectivity index (χ2v) is 7.54. The lowest BCUT2D eigenvalue weighted by Gasteiger charge is -2.12. The van der Waals surface area contributed by atoms with Gasteiger partial charge in [0.15, 0.2) is 0 Å². The molecule has 0 spiro atoms. The molecule has 3 N–H and O–H groups in total. The maximum absolute atomic E-state index is 13.3. The molecule has 0 bridgehead atoms. The molecule has 5 rings (SSSR count). The van der Waals surface area contributed by atoms with Crippen LogP contribution in [0.2, 0.25) is 0 Å². The van der Waals surface area contributed by atoms with Crippen LogP contribution in [0, 0.1) is 0 Å². The molecule has 0 saturated carbocycles. The van der Waals surface area contributed by atoms with E-state index in [0.29, 0.717) is 33.4 Å². The lowest BCUT2D eigenvalue weighted by molar-refractivity contribution is 0.102. The fourth-order valence-corrected chi connectivity index (χ4v) is 3.71. The molecule has 10 heteroatoms. The zero-order valence-corrected chi connectivity index (χ0v) is 18.5. The Morgan fingerprint density at radius 2 is 1.77 bits per heavy atom. The average molecular weight is 465 g/mol. The number of anilines is 2. The van der Waals surface area contributed by atoms with Crippen molar-refractivity contribution >= 4 is 28.4 Å². The molecule has 10 nitrogen and oxygen atoms in total. The fourth-order valence-electron chi connectivity index (χ4n) is 3.71. The number of nitrogens with one attached hydrogen (secondary N) is 1. The number of carbonyl (C=O) groups excluding carboxylic acids is 1. The Bertz CT molecular complexity index is 1600. The summed E-state index contributed by atoms with van der Waals surface area (Å²) in [4.78, 5) is 42.7. The van der Waals surface area contributed by atoms with Crippen molar-refractivity contribution in [2.24, 2.45) is 0 Å². The van der Waals surface area contributed by atoms with Gasteiger partial charge < -0.3 is 15.8 Å². The number of hydrogen-bond donors (Lipinski definition) is 2. The Balaban J connectivity index is 1.59. The lowest BCUT2D eigenvalue weighted by Crippen LogP contribution is -2.23. The number of benzene rings is 2. The third kappa shape index (κ3) is 4.15. The molecule has 0 unspecified atom stereocenters. The standard InChI is InChI=1S/C25H19N7O3/c1-35-23-20(22(33)30-17-12-27-14-28-13-17)10-16(11-29-23)15-7-8-21-19(9-15)24(34)32(25(26)31-21)18-5-3-2-4-6-18/h2-14H,1H3,(H2,26,31)(H,30,33). The van der Waals surface area contributed by atoms with Crippen molar-refractivity contribution in [3.05, 3.63) is 95.4 Å². The number of rotatable bonds is 5. The number of ether oxygens (including phenoxy) is 1. The van der Waals surface area contributed by atoms with E-state index in [1.807, 2.05) is 18.2 Å². The molecule has 3 heterocycles. The molecule has 1 amide bonds. The summed E-state index contributed by atoms with van der Waals surface area (Å²) in [6, 6.07) is 15.9. The number of methoxy groups -OCH3 is 1. The van der Waals surface area contributed by atoms with Crippen molar-refractivity contribution in [1.82, 2.24) is 24.5 Å². The zero-order chi connectivity index (χ0) is 24.4. The highest BCUT2D eigenvalue weighted by Crippen LogP contribution is 2.27. The first-order valence-corrected chi connectivity index (χ1v) is 10.5. The van der Waals surface area contributed by atoms with Crippen molar-refractivity contribution < 1.29 is 9.53 Å². The molecule has 35 heavy (non-hydrogen) atoms. The molecule has 2 aromatic carbocycles. The molecule has 3 aromatic heterocycles. The number of nitrogens with zero attached hydrogens (tertiary/aromatic N) is 5. The van der Waals surface area contributed by atoms with Crippen molar-refractivity contribution in [3.63, 3.8) is 0 Å². The average Bonchev–Trinajstić information content (AvgIpc) is 2.89. The van der Waals surface area contributed by atoms with Gasteiger partial charge in [-0.25, -0.2) is 24.5 Å². The zero-order valence-electron chi connectivity index (χ0n) is 18.5. The highest BCUT2D eigenvalue weighted by molar-refractivity contribution is 6.06. The number of nitrogen functional groups attached to an aromatic ring is 1. The Labute approximate surface area is 199 Å². The van der Waals surface area contributed by atoms with Crippen LogP contribution in [-0.4, -0.2) is 37.5 Å². The molecule has 0 saturated heterocycles. The van der Waals surface area contributed by atoms with E-state index in [2.05, 4.69) is 25.3 Å². The van der Waals surface area contributed by atoms with Gasteiger partial charge >= 0.3 is 0 Å². The van der Waals surface area contributed by atoms with Crippen LogP contribution in [0.3, 0.4) is 0 Å². The van der Waals surface area contributed by atoms with Gasteiger partial charge in [0.2, 0.25) is 11.8 Å². The van der Waals surface area contributed by atoms with E-state index in [9.17, 15) is 9.59 Å². The molecular weight excluding hydrogens is 446 g/mol. The topological polar surface area (TPSA) is 138 Å². The minimum atomic E-state index is -0.437. The summed E-state index contributed by atoms with van der Waals surface area (Å²) in [5.74, 6) is -0.186. The summed E-state index contributed by atoms with van der Waals surface area (Å²) >= 11 is 0. The van der Waals surface area contributed by atoms with Gasteiger partial charge in [-0.2, -0.15) is 0 Å².